The summed E-state index contributed by atoms with van der Waals surface area (Å²) in [5, 5.41) is 10.8. The van der Waals surface area contributed by atoms with E-state index in [4.69, 9.17) is 21.1 Å². The molecule has 104 valence electrons. The van der Waals surface area contributed by atoms with E-state index in [0.717, 1.165) is 0 Å². The van der Waals surface area contributed by atoms with E-state index in [9.17, 15) is 10.1 Å². The third-order valence-electron chi connectivity index (χ3n) is 2.50. The number of ether oxygens (including phenoxy) is 2. The van der Waals surface area contributed by atoms with Crippen molar-refractivity contribution in [2.75, 3.05) is 6.61 Å². The zero-order chi connectivity index (χ0) is 14.5. The summed E-state index contributed by atoms with van der Waals surface area (Å²) in [5.41, 5.74) is -0.0829. The molecule has 0 saturated carbocycles. The summed E-state index contributed by atoms with van der Waals surface area (Å²) < 4.78 is 11.1. The van der Waals surface area contributed by atoms with Gasteiger partial charge in [-0.05, 0) is 25.1 Å². The van der Waals surface area contributed by atoms with Gasteiger partial charge in [0, 0.05) is 12.1 Å². The average Bonchev–Trinajstić information content (AvgIpc) is 2.43. The molecule has 6 heteroatoms. The number of non-ortho nitro benzene ring substituents is 1. The van der Waals surface area contributed by atoms with Gasteiger partial charge in [-0.2, -0.15) is 0 Å². The van der Waals surface area contributed by atoms with Crippen LogP contribution in [0, 0.1) is 10.1 Å². The number of rotatable bonds is 5. The van der Waals surface area contributed by atoms with E-state index in [1.165, 1.54) is 18.2 Å². The van der Waals surface area contributed by atoms with E-state index < -0.39 is 4.92 Å². The number of para-hydroxylation sites is 2. The summed E-state index contributed by atoms with van der Waals surface area (Å²) in [4.78, 5) is 10.1. The summed E-state index contributed by atoms with van der Waals surface area (Å²) in [6, 6.07) is 11.2. The smallest absolute Gasteiger partial charge is 0.271 e. The van der Waals surface area contributed by atoms with E-state index in [1.807, 2.05) is 13.0 Å². The Morgan fingerprint density at radius 1 is 1.15 bits per heavy atom. The van der Waals surface area contributed by atoms with Crippen molar-refractivity contribution in [3.05, 3.63) is 57.6 Å². The summed E-state index contributed by atoms with van der Waals surface area (Å²) in [5.74, 6) is 1.43. The van der Waals surface area contributed by atoms with Crippen molar-refractivity contribution >= 4 is 17.3 Å². The van der Waals surface area contributed by atoms with Crippen molar-refractivity contribution in [2.45, 2.75) is 6.92 Å². The van der Waals surface area contributed by atoms with Crippen LogP contribution in [0.2, 0.25) is 5.02 Å². The maximum absolute atomic E-state index is 10.6. The molecule has 0 bridgehead atoms. The third-order valence-corrected chi connectivity index (χ3v) is 2.79. The molecule has 0 heterocycles. The lowest BCUT2D eigenvalue weighted by molar-refractivity contribution is -0.384. The third kappa shape index (κ3) is 3.19. The molecule has 0 unspecified atom stereocenters. The maximum atomic E-state index is 10.6. The number of benzene rings is 2. The highest BCUT2D eigenvalue weighted by atomic mass is 35.5. The zero-order valence-electron chi connectivity index (χ0n) is 10.7. The number of nitrogens with zero attached hydrogens (tertiary/aromatic N) is 1. The van der Waals surface area contributed by atoms with E-state index in [1.54, 1.807) is 18.2 Å². The molecular formula is C14H12ClNO4. The summed E-state index contributed by atoms with van der Waals surface area (Å²) in [6.45, 7) is 2.38. The van der Waals surface area contributed by atoms with Crippen LogP contribution < -0.4 is 9.47 Å². The zero-order valence-corrected chi connectivity index (χ0v) is 11.5. The molecule has 0 saturated heterocycles. The largest absolute Gasteiger partial charge is 0.490 e. The van der Waals surface area contributed by atoms with Crippen LogP contribution >= 0.6 is 11.6 Å². The molecule has 20 heavy (non-hydrogen) atoms. The second kappa shape index (κ2) is 6.25. The first kappa shape index (κ1) is 14.1. The lowest BCUT2D eigenvalue weighted by atomic mass is 10.3. The molecule has 0 aliphatic rings. The lowest BCUT2D eigenvalue weighted by Crippen LogP contribution is -1.95. The Labute approximate surface area is 120 Å². The molecule has 2 rings (SSSR count). The fourth-order valence-corrected chi connectivity index (χ4v) is 1.83. The molecule has 0 radical (unpaired) electrons. The highest BCUT2D eigenvalue weighted by molar-refractivity contribution is 6.32. The van der Waals surface area contributed by atoms with Gasteiger partial charge < -0.3 is 9.47 Å². The van der Waals surface area contributed by atoms with E-state index in [-0.39, 0.29) is 10.7 Å². The highest BCUT2D eigenvalue weighted by Gasteiger charge is 2.12. The van der Waals surface area contributed by atoms with Crippen molar-refractivity contribution in [1.82, 2.24) is 0 Å². The monoisotopic (exact) mass is 293 g/mol. The van der Waals surface area contributed by atoms with Gasteiger partial charge in [-0.3, -0.25) is 10.1 Å². The average molecular weight is 294 g/mol. The van der Waals surface area contributed by atoms with Gasteiger partial charge in [0.05, 0.1) is 16.6 Å². The van der Waals surface area contributed by atoms with Gasteiger partial charge in [0.15, 0.2) is 11.5 Å². The Morgan fingerprint density at radius 2 is 1.85 bits per heavy atom. The molecule has 0 fully saturated rings. The van der Waals surface area contributed by atoms with Crippen molar-refractivity contribution in [3.63, 3.8) is 0 Å². The van der Waals surface area contributed by atoms with E-state index in [2.05, 4.69) is 0 Å². The van der Waals surface area contributed by atoms with Crippen LogP contribution in [0.15, 0.2) is 42.5 Å². The Bertz CT molecular complexity index is 630. The summed E-state index contributed by atoms with van der Waals surface area (Å²) >= 11 is 5.98. The van der Waals surface area contributed by atoms with Gasteiger partial charge in [-0.25, -0.2) is 0 Å². The molecule has 0 aliphatic heterocycles. The van der Waals surface area contributed by atoms with Crippen LogP contribution in [-0.4, -0.2) is 11.5 Å². The summed E-state index contributed by atoms with van der Waals surface area (Å²) in [6.07, 6.45) is 0. The SMILES string of the molecule is CCOc1ccccc1Oc1ccc([N+](=O)[O-])cc1Cl. The molecule has 2 aromatic carbocycles. The molecule has 2 aromatic rings. The van der Waals surface area contributed by atoms with Crippen LogP contribution in [0.5, 0.6) is 17.2 Å². The normalized spacial score (nSPS) is 10.1. The second-order valence-corrected chi connectivity index (χ2v) is 4.26. The molecule has 0 amide bonds. The minimum atomic E-state index is -0.510. The molecule has 0 N–H and O–H groups in total. The molecular weight excluding hydrogens is 282 g/mol. The first-order chi connectivity index (χ1) is 9.61. The first-order valence-corrected chi connectivity index (χ1v) is 6.33. The van der Waals surface area contributed by atoms with Gasteiger partial charge in [-0.15, -0.1) is 0 Å². The number of halogens is 1. The Hall–Kier alpha value is -2.27. The predicted octanol–water partition coefficient (Wildman–Crippen LogP) is 4.44. The maximum Gasteiger partial charge on any atom is 0.271 e. The second-order valence-electron chi connectivity index (χ2n) is 3.85. The van der Waals surface area contributed by atoms with Crippen LogP contribution in [0.1, 0.15) is 6.92 Å². The Morgan fingerprint density at radius 3 is 2.45 bits per heavy atom. The van der Waals surface area contributed by atoms with E-state index >= 15 is 0 Å². The molecule has 0 atom stereocenters. The first-order valence-electron chi connectivity index (χ1n) is 5.95. The van der Waals surface area contributed by atoms with E-state index in [0.29, 0.717) is 23.9 Å². The Kier molecular flexibility index (Phi) is 4.42. The number of hydrogen-bond acceptors (Lipinski definition) is 4. The minimum absolute atomic E-state index is 0.0829. The van der Waals surface area contributed by atoms with Gasteiger partial charge in [0.25, 0.3) is 5.69 Å². The molecule has 0 aromatic heterocycles. The molecule has 0 spiro atoms. The van der Waals surface area contributed by atoms with Crippen LogP contribution in [0.25, 0.3) is 0 Å². The van der Waals surface area contributed by atoms with Crippen molar-refractivity contribution in [1.29, 1.82) is 0 Å². The number of nitro benzene ring substituents is 1. The summed E-state index contributed by atoms with van der Waals surface area (Å²) in [7, 11) is 0. The minimum Gasteiger partial charge on any atom is -0.490 e. The van der Waals surface area contributed by atoms with Crippen LogP contribution in [0.4, 0.5) is 5.69 Å². The fourth-order valence-electron chi connectivity index (χ4n) is 1.61. The Balaban J connectivity index is 2.28. The molecule has 0 aliphatic carbocycles. The van der Waals surface area contributed by atoms with Gasteiger partial charge >= 0.3 is 0 Å². The number of hydrogen-bond donors (Lipinski definition) is 0. The van der Waals surface area contributed by atoms with Crippen molar-refractivity contribution in [2.24, 2.45) is 0 Å². The van der Waals surface area contributed by atoms with Crippen LogP contribution in [-0.2, 0) is 0 Å². The quantitative estimate of drug-likeness (QED) is 0.604. The topological polar surface area (TPSA) is 61.6 Å². The molecule has 5 nitrogen and oxygen atoms in total. The number of nitro groups is 1. The lowest BCUT2D eigenvalue weighted by Gasteiger charge is -2.12. The van der Waals surface area contributed by atoms with Gasteiger partial charge in [0.1, 0.15) is 5.75 Å². The van der Waals surface area contributed by atoms with Gasteiger partial charge in [0.2, 0.25) is 0 Å². The van der Waals surface area contributed by atoms with Crippen LogP contribution in [0.3, 0.4) is 0 Å². The highest BCUT2D eigenvalue weighted by Crippen LogP contribution is 2.36. The van der Waals surface area contributed by atoms with Crippen molar-refractivity contribution < 1.29 is 14.4 Å². The van der Waals surface area contributed by atoms with Gasteiger partial charge in [-0.1, -0.05) is 23.7 Å². The predicted molar refractivity (Wildman–Crippen MR) is 75.8 cm³/mol. The van der Waals surface area contributed by atoms with Crippen molar-refractivity contribution in [3.8, 4) is 17.2 Å². The standard InChI is InChI=1S/C14H12ClNO4/c1-2-19-13-5-3-4-6-14(13)20-12-8-7-10(16(17)18)9-11(12)15/h3-9H,2H2,1H3. The fraction of sp³-hybridized carbons (Fsp3) is 0.143.